The molecule has 1 fully saturated rings. The van der Waals surface area contributed by atoms with Crippen molar-refractivity contribution in [2.24, 2.45) is 0 Å². The van der Waals surface area contributed by atoms with Gasteiger partial charge in [-0.15, -0.1) is 0 Å². The summed E-state index contributed by atoms with van der Waals surface area (Å²) in [5, 5.41) is 2.87. The number of likely N-dealkylation sites (tertiary alicyclic amines) is 1. The van der Waals surface area contributed by atoms with E-state index in [1.165, 1.54) is 12.1 Å². The van der Waals surface area contributed by atoms with Crippen molar-refractivity contribution < 1.29 is 14.0 Å². The number of amides is 2. The fraction of sp³-hybridized carbons (Fsp3) is 0.375. The van der Waals surface area contributed by atoms with Gasteiger partial charge in [-0.3, -0.25) is 9.59 Å². The van der Waals surface area contributed by atoms with Crippen molar-refractivity contribution >= 4 is 11.8 Å². The Labute approximate surface area is 123 Å². The second-order valence-corrected chi connectivity index (χ2v) is 4.99. The van der Waals surface area contributed by atoms with E-state index in [4.69, 9.17) is 0 Å². The van der Waals surface area contributed by atoms with E-state index in [1.54, 1.807) is 24.0 Å². The van der Waals surface area contributed by atoms with Crippen molar-refractivity contribution in [1.29, 1.82) is 0 Å². The highest BCUT2D eigenvalue weighted by Crippen LogP contribution is 2.10. The second kappa shape index (κ2) is 6.89. The van der Waals surface area contributed by atoms with Gasteiger partial charge in [-0.05, 0) is 37.0 Å². The maximum Gasteiger partial charge on any atom is 0.298 e. The van der Waals surface area contributed by atoms with Crippen molar-refractivity contribution in [2.75, 3.05) is 13.1 Å². The third-order valence-corrected chi connectivity index (χ3v) is 3.33. The van der Waals surface area contributed by atoms with Gasteiger partial charge in [-0.2, -0.15) is 0 Å². The topological polar surface area (TPSA) is 49.4 Å². The minimum absolute atomic E-state index is 0.0614. The van der Waals surface area contributed by atoms with E-state index >= 15 is 0 Å². The lowest BCUT2D eigenvalue weighted by molar-refractivity contribution is -0.125. The van der Waals surface area contributed by atoms with E-state index in [1.807, 2.05) is 0 Å². The SMILES string of the molecule is CC#CC(=O)N1CCC(NC(=O)Cc2cccc(F)c2)C1. The number of nitrogens with one attached hydrogen (secondary N) is 1. The van der Waals surface area contributed by atoms with Gasteiger partial charge in [0.25, 0.3) is 5.91 Å². The summed E-state index contributed by atoms with van der Waals surface area (Å²) in [7, 11) is 0. The van der Waals surface area contributed by atoms with Gasteiger partial charge in [-0.1, -0.05) is 18.1 Å². The number of halogens is 1. The number of benzene rings is 1. The van der Waals surface area contributed by atoms with Crippen molar-refractivity contribution in [3.05, 3.63) is 35.6 Å². The maximum atomic E-state index is 13.0. The fourth-order valence-corrected chi connectivity index (χ4v) is 2.36. The second-order valence-electron chi connectivity index (χ2n) is 4.99. The summed E-state index contributed by atoms with van der Waals surface area (Å²) in [6, 6.07) is 5.92. The Bertz CT molecular complexity index is 604. The van der Waals surface area contributed by atoms with Crippen LogP contribution in [0.15, 0.2) is 24.3 Å². The first-order valence-corrected chi connectivity index (χ1v) is 6.84. The summed E-state index contributed by atoms with van der Waals surface area (Å²) in [4.78, 5) is 25.1. The van der Waals surface area contributed by atoms with Crippen LogP contribution in [0.5, 0.6) is 0 Å². The molecule has 21 heavy (non-hydrogen) atoms. The Morgan fingerprint density at radius 2 is 2.29 bits per heavy atom. The molecule has 0 aromatic heterocycles. The van der Waals surface area contributed by atoms with Gasteiger partial charge < -0.3 is 10.2 Å². The third kappa shape index (κ3) is 4.32. The maximum absolute atomic E-state index is 13.0. The molecular weight excluding hydrogens is 271 g/mol. The Morgan fingerprint density at radius 3 is 3.00 bits per heavy atom. The van der Waals surface area contributed by atoms with E-state index in [9.17, 15) is 14.0 Å². The van der Waals surface area contributed by atoms with E-state index < -0.39 is 0 Å². The lowest BCUT2D eigenvalue weighted by Crippen LogP contribution is -2.38. The van der Waals surface area contributed by atoms with Gasteiger partial charge in [0.2, 0.25) is 5.91 Å². The minimum atomic E-state index is -0.351. The zero-order valence-corrected chi connectivity index (χ0v) is 11.9. The molecule has 0 radical (unpaired) electrons. The molecule has 110 valence electrons. The van der Waals surface area contributed by atoms with Crippen molar-refractivity contribution in [3.8, 4) is 11.8 Å². The number of carbonyl (C=O) groups excluding carboxylic acids is 2. The summed E-state index contributed by atoms with van der Waals surface area (Å²) in [5.74, 6) is 4.34. The fourth-order valence-electron chi connectivity index (χ4n) is 2.36. The molecule has 2 rings (SSSR count). The molecule has 4 nitrogen and oxygen atoms in total. The first kappa shape index (κ1) is 15.0. The molecule has 0 bridgehead atoms. The van der Waals surface area contributed by atoms with Crippen molar-refractivity contribution in [1.82, 2.24) is 10.2 Å². The van der Waals surface area contributed by atoms with E-state index in [0.717, 1.165) is 0 Å². The molecule has 1 aliphatic heterocycles. The van der Waals surface area contributed by atoms with E-state index in [-0.39, 0.29) is 30.1 Å². The van der Waals surface area contributed by atoms with Gasteiger partial charge in [0.05, 0.1) is 6.42 Å². The quantitative estimate of drug-likeness (QED) is 0.847. The smallest absolute Gasteiger partial charge is 0.298 e. The Morgan fingerprint density at radius 1 is 1.48 bits per heavy atom. The van der Waals surface area contributed by atoms with Crippen LogP contribution < -0.4 is 5.32 Å². The minimum Gasteiger partial charge on any atom is -0.351 e. The Balaban J connectivity index is 1.84. The molecule has 0 spiro atoms. The lowest BCUT2D eigenvalue weighted by atomic mass is 10.1. The lowest BCUT2D eigenvalue weighted by Gasteiger charge is -2.14. The highest BCUT2D eigenvalue weighted by atomic mass is 19.1. The van der Waals surface area contributed by atoms with Crippen molar-refractivity contribution in [2.45, 2.75) is 25.8 Å². The molecule has 1 atom stereocenters. The predicted molar refractivity (Wildman–Crippen MR) is 76.7 cm³/mol. The first-order chi connectivity index (χ1) is 10.1. The largest absolute Gasteiger partial charge is 0.351 e. The molecule has 1 aliphatic rings. The summed E-state index contributed by atoms with van der Waals surface area (Å²) in [6.07, 6.45) is 0.850. The molecule has 5 heteroatoms. The Hall–Kier alpha value is -2.35. The zero-order valence-electron chi connectivity index (χ0n) is 11.9. The molecule has 1 unspecified atom stereocenters. The third-order valence-electron chi connectivity index (χ3n) is 3.33. The van der Waals surface area contributed by atoms with Crippen LogP contribution in [-0.2, 0) is 16.0 Å². The van der Waals surface area contributed by atoms with Crippen LogP contribution in [0.1, 0.15) is 18.9 Å². The molecule has 2 amide bonds. The average Bonchev–Trinajstić information content (AvgIpc) is 2.87. The number of hydrogen-bond acceptors (Lipinski definition) is 2. The zero-order chi connectivity index (χ0) is 15.2. The highest BCUT2D eigenvalue weighted by Gasteiger charge is 2.26. The molecule has 1 aromatic rings. The van der Waals surface area contributed by atoms with Gasteiger partial charge in [0.15, 0.2) is 0 Å². The van der Waals surface area contributed by atoms with Gasteiger partial charge in [-0.25, -0.2) is 4.39 Å². The van der Waals surface area contributed by atoms with Gasteiger partial charge >= 0.3 is 0 Å². The standard InChI is InChI=1S/C16H17FN2O2/c1-2-4-16(21)19-8-7-14(11-19)18-15(20)10-12-5-3-6-13(17)9-12/h3,5-6,9,14H,7-8,10-11H2,1H3,(H,18,20). The van der Waals surface area contributed by atoms with Crippen LogP contribution in [0.2, 0.25) is 0 Å². The summed E-state index contributed by atoms with van der Waals surface area (Å²) < 4.78 is 13.0. The molecule has 0 saturated carbocycles. The Kier molecular flexibility index (Phi) is 4.94. The van der Waals surface area contributed by atoms with E-state index in [2.05, 4.69) is 17.2 Å². The molecular formula is C16H17FN2O2. The molecule has 1 saturated heterocycles. The van der Waals surface area contributed by atoms with Crippen LogP contribution >= 0.6 is 0 Å². The summed E-state index contributed by atoms with van der Waals surface area (Å²) in [6.45, 7) is 2.69. The van der Waals surface area contributed by atoms with Gasteiger partial charge in [0.1, 0.15) is 5.82 Å². The summed E-state index contributed by atoms with van der Waals surface area (Å²) in [5.41, 5.74) is 0.635. The molecule has 0 aliphatic carbocycles. The number of rotatable bonds is 3. The highest BCUT2D eigenvalue weighted by molar-refractivity contribution is 5.93. The van der Waals surface area contributed by atoms with Crippen LogP contribution in [0, 0.1) is 17.7 Å². The van der Waals surface area contributed by atoms with E-state index in [0.29, 0.717) is 25.1 Å². The van der Waals surface area contributed by atoms with Crippen LogP contribution in [-0.4, -0.2) is 35.8 Å². The molecule has 1 N–H and O–H groups in total. The predicted octanol–water partition coefficient (Wildman–Crippen LogP) is 1.11. The number of carbonyl (C=O) groups is 2. The van der Waals surface area contributed by atoms with Crippen LogP contribution in [0.3, 0.4) is 0 Å². The molecule has 1 aromatic carbocycles. The number of hydrogen-bond donors (Lipinski definition) is 1. The monoisotopic (exact) mass is 288 g/mol. The summed E-state index contributed by atoms with van der Waals surface area (Å²) >= 11 is 0. The first-order valence-electron chi connectivity index (χ1n) is 6.84. The number of nitrogens with zero attached hydrogens (tertiary/aromatic N) is 1. The average molecular weight is 288 g/mol. The van der Waals surface area contributed by atoms with Gasteiger partial charge in [0, 0.05) is 19.1 Å². The van der Waals surface area contributed by atoms with Crippen LogP contribution in [0.25, 0.3) is 0 Å². The molecule has 1 heterocycles. The normalized spacial score (nSPS) is 17.0. The van der Waals surface area contributed by atoms with Crippen LogP contribution in [0.4, 0.5) is 4.39 Å². The van der Waals surface area contributed by atoms with Crippen molar-refractivity contribution in [3.63, 3.8) is 0 Å².